The van der Waals surface area contributed by atoms with Crippen LogP contribution in [0.4, 0.5) is 11.4 Å². The lowest BCUT2D eigenvalue weighted by Crippen LogP contribution is -2.48. The predicted molar refractivity (Wildman–Crippen MR) is 112 cm³/mol. The van der Waals surface area contributed by atoms with Crippen molar-refractivity contribution in [3.63, 3.8) is 0 Å². The first-order valence-electron chi connectivity index (χ1n) is 10.6. The average molecular weight is 374 g/mol. The molecule has 2 rings (SSSR count). The molecule has 0 aliphatic carbocycles. The maximum Gasteiger partial charge on any atom is 0.224 e. The zero-order valence-electron chi connectivity index (χ0n) is 17.0. The predicted octanol–water partition coefficient (Wildman–Crippen LogP) is 4.43. The molecule has 1 N–H and O–H groups in total. The van der Waals surface area contributed by atoms with E-state index >= 15 is 0 Å². The van der Waals surface area contributed by atoms with E-state index in [1.165, 1.54) is 0 Å². The SMILES string of the molecule is CCCCCC(=O)Nc1ccc(N2CCN(C(=O)CCCCC)CC2)cc1. The first-order valence-corrected chi connectivity index (χ1v) is 10.6. The van der Waals surface area contributed by atoms with Gasteiger partial charge in [0.2, 0.25) is 11.8 Å². The van der Waals surface area contributed by atoms with Crippen LogP contribution in [0, 0.1) is 0 Å². The zero-order chi connectivity index (χ0) is 19.5. The van der Waals surface area contributed by atoms with Crippen LogP contribution in [-0.4, -0.2) is 42.9 Å². The summed E-state index contributed by atoms with van der Waals surface area (Å²) in [4.78, 5) is 28.4. The normalized spacial score (nSPS) is 14.3. The number of rotatable bonds is 10. The fourth-order valence-corrected chi connectivity index (χ4v) is 3.41. The van der Waals surface area contributed by atoms with Gasteiger partial charge in [0.05, 0.1) is 0 Å². The second-order valence-corrected chi connectivity index (χ2v) is 7.38. The molecule has 2 amide bonds. The van der Waals surface area contributed by atoms with Gasteiger partial charge in [-0.25, -0.2) is 0 Å². The minimum absolute atomic E-state index is 0.0893. The molecule has 0 radical (unpaired) electrons. The zero-order valence-corrected chi connectivity index (χ0v) is 17.0. The van der Waals surface area contributed by atoms with Crippen molar-refractivity contribution in [1.29, 1.82) is 0 Å². The van der Waals surface area contributed by atoms with Gasteiger partial charge < -0.3 is 15.1 Å². The first kappa shape index (κ1) is 21.3. The van der Waals surface area contributed by atoms with Gasteiger partial charge in [0, 0.05) is 50.4 Å². The lowest BCUT2D eigenvalue weighted by molar-refractivity contribution is -0.131. The van der Waals surface area contributed by atoms with Gasteiger partial charge in [0.15, 0.2) is 0 Å². The molecule has 0 bridgehead atoms. The van der Waals surface area contributed by atoms with Crippen molar-refractivity contribution in [3.05, 3.63) is 24.3 Å². The van der Waals surface area contributed by atoms with Gasteiger partial charge in [-0.2, -0.15) is 0 Å². The van der Waals surface area contributed by atoms with Crippen LogP contribution in [0.3, 0.4) is 0 Å². The highest BCUT2D eigenvalue weighted by Gasteiger charge is 2.20. The molecule has 0 aromatic heterocycles. The van der Waals surface area contributed by atoms with Crippen LogP contribution >= 0.6 is 0 Å². The third kappa shape index (κ3) is 7.24. The number of benzene rings is 1. The molecule has 0 atom stereocenters. The molecular weight excluding hydrogens is 338 g/mol. The molecule has 1 fully saturated rings. The second kappa shape index (κ2) is 11.6. The van der Waals surface area contributed by atoms with Crippen LogP contribution in [0.2, 0.25) is 0 Å². The highest BCUT2D eigenvalue weighted by molar-refractivity contribution is 5.90. The fourth-order valence-electron chi connectivity index (χ4n) is 3.41. The molecular formula is C22H35N3O2. The smallest absolute Gasteiger partial charge is 0.224 e. The number of piperazine rings is 1. The minimum Gasteiger partial charge on any atom is -0.368 e. The summed E-state index contributed by atoms with van der Waals surface area (Å²) in [6, 6.07) is 8.05. The summed E-state index contributed by atoms with van der Waals surface area (Å²) in [7, 11) is 0. The minimum atomic E-state index is 0.0893. The molecule has 5 nitrogen and oxygen atoms in total. The Morgan fingerprint density at radius 2 is 1.44 bits per heavy atom. The van der Waals surface area contributed by atoms with E-state index in [0.717, 1.165) is 76.1 Å². The summed E-state index contributed by atoms with van der Waals surface area (Å²) in [5.41, 5.74) is 2.00. The van der Waals surface area contributed by atoms with Crippen molar-refractivity contribution in [2.24, 2.45) is 0 Å². The van der Waals surface area contributed by atoms with Crippen molar-refractivity contribution >= 4 is 23.2 Å². The largest absolute Gasteiger partial charge is 0.368 e. The molecule has 150 valence electrons. The van der Waals surface area contributed by atoms with E-state index in [4.69, 9.17) is 0 Å². The Morgan fingerprint density at radius 1 is 0.852 bits per heavy atom. The number of anilines is 2. The summed E-state index contributed by atoms with van der Waals surface area (Å²) < 4.78 is 0. The molecule has 0 spiro atoms. The summed E-state index contributed by atoms with van der Waals surface area (Å²) in [5, 5.41) is 2.97. The van der Waals surface area contributed by atoms with Crippen molar-refractivity contribution in [1.82, 2.24) is 4.90 Å². The molecule has 27 heavy (non-hydrogen) atoms. The van der Waals surface area contributed by atoms with E-state index in [1.54, 1.807) is 0 Å². The number of nitrogens with zero attached hydrogens (tertiary/aromatic N) is 2. The number of carbonyl (C=O) groups is 2. The Morgan fingerprint density at radius 3 is 2.04 bits per heavy atom. The third-order valence-electron chi connectivity index (χ3n) is 5.15. The highest BCUT2D eigenvalue weighted by atomic mass is 16.2. The number of hydrogen-bond donors (Lipinski definition) is 1. The van der Waals surface area contributed by atoms with Gasteiger partial charge in [-0.3, -0.25) is 9.59 Å². The van der Waals surface area contributed by atoms with Crippen LogP contribution in [-0.2, 0) is 9.59 Å². The lowest BCUT2D eigenvalue weighted by Gasteiger charge is -2.36. The standard InChI is InChI=1S/C22H35N3O2/c1-3-5-7-9-21(26)23-19-11-13-20(14-12-19)24-15-17-25(18-16-24)22(27)10-8-6-4-2/h11-14H,3-10,15-18H2,1-2H3,(H,23,26). The molecule has 1 aromatic rings. The number of hydrogen-bond acceptors (Lipinski definition) is 3. The first-order chi connectivity index (χ1) is 13.1. The van der Waals surface area contributed by atoms with Gasteiger partial charge in [-0.05, 0) is 37.1 Å². The maximum absolute atomic E-state index is 12.2. The van der Waals surface area contributed by atoms with Gasteiger partial charge in [0.1, 0.15) is 0 Å². The number of amides is 2. The summed E-state index contributed by atoms with van der Waals surface area (Å²) in [6.07, 6.45) is 7.72. The van der Waals surface area contributed by atoms with Crippen LogP contribution in [0.25, 0.3) is 0 Å². The van der Waals surface area contributed by atoms with E-state index in [0.29, 0.717) is 18.7 Å². The lowest BCUT2D eigenvalue weighted by atomic mass is 10.1. The van der Waals surface area contributed by atoms with E-state index in [-0.39, 0.29) is 5.91 Å². The van der Waals surface area contributed by atoms with E-state index in [2.05, 4.69) is 36.2 Å². The molecule has 1 aliphatic heterocycles. The second-order valence-electron chi connectivity index (χ2n) is 7.38. The maximum atomic E-state index is 12.2. The Kier molecular flexibility index (Phi) is 9.16. The van der Waals surface area contributed by atoms with Crippen LogP contribution in [0.1, 0.15) is 65.2 Å². The number of unbranched alkanes of at least 4 members (excludes halogenated alkanes) is 4. The van der Waals surface area contributed by atoms with Gasteiger partial charge in [-0.1, -0.05) is 39.5 Å². The number of nitrogens with one attached hydrogen (secondary N) is 1. The van der Waals surface area contributed by atoms with Crippen molar-refractivity contribution < 1.29 is 9.59 Å². The third-order valence-corrected chi connectivity index (χ3v) is 5.15. The highest BCUT2D eigenvalue weighted by Crippen LogP contribution is 2.20. The van der Waals surface area contributed by atoms with E-state index in [1.807, 2.05) is 17.0 Å². The average Bonchev–Trinajstić information content (AvgIpc) is 2.69. The Hall–Kier alpha value is -2.04. The van der Waals surface area contributed by atoms with E-state index in [9.17, 15) is 9.59 Å². The van der Waals surface area contributed by atoms with Crippen LogP contribution in [0.15, 0.2) is 24.3 Å². The van der Waals surface area contributed by atoms with Gasteiger partial charge in [-0.15, -0.1) is 0 Å². The molecule has 1 aromatic carbocycles. The van der Waals surface area contributed by atoms with Crippen LogP contribution in [0.5, 0.6) is 0 Å². The Labute approximate surface area is 164 Å². The Bertz CT molecular complexity index is 578. The monoisotopic (exact) mass is 373 g/mol. The molecule has 0 saturated carbocycles. The van der Waals surface area contributed by atoms with Crippen molar-refractivity contribution in [2.45, 2.75) is 65.2 Å². The number of carbonyl (C=O) groups excluding carboxylic acids is 2. The quantitative estimate of drug-likeness (QED) is 0.617. The molecule has 1 aliphatic rings. The summed E-state index contributed by atoms with van der Waals surface area (Å²) in [5.74, 6) is 0.385. The summed E-state index contributed by atoms with van der Waals surface area (Å²) in [6.45, 7) is 7.61. The van der Waals surface area contributed by atoms with Crippen LogP contribution < -0.4 is 10.2 Å². The topological polar surface area (TPSA) is 52.7 Å². The summed E-state index contributed by atoms with van der Waals surface area (Å²) >= 11 is 0. The van der Waals surface area contributed by atoms with E-state index < -0.39 is 0 Å². The van der Waals surface area contributed by atoms with Gasteiger partial charge >= 0.3 is 0 Å². The molecule has 0 unspecified atom stereocenters. The molecule has 1 heterocycles. The fraction of sp³-hybridized carbons (Fsp3) is 0.636. The van der Waals surface area contributed by atoms with Crippen molar-refractivity contribution in [2.75, 3.05) is 36.4 Å². The van der Waals surface area contributed by atoms with Gasteiger partial charge in [0.25, 0.3) is 0 Å². The molecule has 5 heteroatoms. The molecule has 1 saturated heterocycles. The Balaban J connectivity index is 1.76. The van der Waals surface area contributed by atoms with Crippen molar-refractivity contribution in [3.8, 4) is 0 Å².